The standard InChI is InChI=1S/C12H18N6O/c1-12(2,3)11-13-9-8(15-17-16-9)10(14-11)18-4-6-19-7-5-18/h4-7H2,1-3H3,(H,13,14,15,16,17). The van der Waals surface area contributed by atoms with Crippen molar-refractivity contribution in [3.8, 4) is 0 Å². The van der Waals surface area contributed by atoms with E-state index in [1.165, 1.54) is 0 Å². The molecule has 1 fully saturated rings. The van der Waals surface area contributed by atoms with E-state index in [0.29, 0.717) is 18.9 Å². The van der Waals surface area contributed by atoms with E-state index in [0.717, 1.165) is 30.2 Å². The molecule has 0 spiro atoms. The van der Waals surface area contributed by atoms with E-state index < -0.39 is 0 Å². The summed E-state index contributed by atoms with van der Waals surface area (Å²) in [7, 11) is 0. The van der Waals surface area contributed by atoms with Crippen LogP contribution in [0.3, 0.4) is 0 Å². The van der Waals surface area contributed by atoms with Crippen molar-refractivity contribution in [2.24, 2.45) is 0 Å². The van der Waals surface area contributed by atoms with Crippen LogP contribution in [0.4, 0.5) is 5.82 Å². The van der Waals surface area contributed by atoms with Crippen molar-refractivity contribution in [1.82, 2.24) is 25.4 Å². The Labute approximate surface area is 111 Å². The molecule has 0 bridgehead atoms. The van der Waals surface area contributed by atoms with Crippen LogP contribution in [0, 0.1) is 0 Å². The lowest BCUT2D eigenvalue weighted by molar-refractivity contribution is 0.122. The molecule has 7 heteroatoms. The fourth-order valence-electron chi connectivity index (χ4n) is 2.07. The highest BCUT2D eigenvalue weighted by Gasteiger charge is 2.24. The van der Waals surface area contributed by atoms with Gasteiger partial charge in [-0.2, -0.15) is 0 Å². The first-order chi connectivity index (χ1) is 9.05. The minimum Gasteiger partial charge on any atom is -0.378 e. The predicted molar refractivity (Wildman–Crippen MR) is 71.2 cm³/mol. The van der Waals surface area contributed by atoms with Gasteiger partial charge in [0, 0.05) is 18.5 Å². The van der Waals surface area contributed by atoms with E-state index >= 15 is 0 Å². The average molecular weight is 262 g/mol. The van der Waals surface area contributed by atoms with Crippen LogP contribution < -0.4 is 4.90 Å². The van der Waals surface area contributed by atoms with Crippen LogP contribution in [0.5, 0.6) is 0 Å². The number of hydrogen-bond donors (Lipinski definition) is 1. The molecule has 1 N–H and O–H groups in total. The maximum Gasteiger partial charge on any atom is 0.181 e. The van der Waals surface area contributed by atoms with Gasteiger partial charge < -0.3 is 9.64 Å². The van der Waals surface area contributed by atoms with Crippen molar-refractivity contribution in [2.75, 3.05) is 31.2 Å². The third-order valence-corrected chi connectivity index (χ3v) is 3.15. The third kappa shape index (κ3) is 2.25. The summed E-state index contributed by atoms with van der Waals surface area (Å²) < 4.78 is 5.38. The molecule has 0 atom stereocenters. The lowest BCUT2D eigenvalue weighted by Crippen LogP contribution is -2.37. The number of ether oxygens (including phenoxy) is 1. The average Bonchev–Trinajstić information content (AvgIpc) is 2.85. The maximum atomic E-state index is 5.38. The number of rotatable bonds is 1. The predicted octanol–water partition coefficient (Wildman–Crippen LogP) is 0.882. The van der Waals surface area contributed by atoms with Crippen LogP contribution in [0.15, 0.2) is 0 Å². The van der Waals surface area contributed by atoms with Crippen LogP contribution >= 0.6 is 0 Å². The number of H-pyrrole nitrogens is 1. The molecule has 0 radical (unpaired) electrons. The van der Waals surface area contributed by atoms with Crippen LogP contribution in [-0.4, -0.2) is 51.7 Å². The van der Waals surface area contributed by atoms with Crippen LogP contribution in [0.25, 0.3) is 11.2 Å². The van der Waals surface area contributed by atoms with Gasteiger partial charge in [0.05, 0.1) is 13.2 Å². The molecular formula is C12H18N6O. The van der Waals surface area contributed by atoms with Gasteiger partial charge >= 0.3 is 0 Å². The minimum absolute atomic E-state index is 0.111. The number of nitrogens with zero attached hydrogens (tertiary/aromatic N) is 5. The Morgan fingerprint density at radius 2 is 1.89 bits per heavy atom. The highest BCUT2D eigenvalue weighted by molar-refractivity contribution is 5.82. The molecule has 19 heavy (non-hydrogen) atoms. The van der Waals surface area contributed by atoms with Gasteiger partial charge in [0.25, 0.3) is 0 Å². The Balaban J connectivity index is 2.12. The van der Waals surface area contributed by atoms with Crippen molar-refractivity contribution in [1.29, 1.82) is 0 Å². The first kappa shape index (κ1) is 12.3. The highest BCUT2D eigenvalue weighted by atomic mass is 16.5. The SMILES string of the molecule is CC(C)(C)c1nc(N2CCOCC2)c2nn[nH]c2n1. The van der Waals surface area contributed by atoms with Gasteiger partial charge in [-0.15, -0.1) is 5.10 Å². The Hall–Kier alpha value is -1.76. The van der Waals surface area contributed by atoms with Gasteiger partial charge in [0.15, 0.2) is 17.0 Å². The van der Waals surface area contributed by atoms with Crippen LogP contribution in [-0.2, 0) is 10.2 Å². The fourth-order valence-corrected chi connectivity index (χ4v) is 2.07. The number of aromatic amines is 1. The number of fused-ring (bicyclic) bond motifs is 1. The zero-order valence-electron chi connectivity index (χ0n) is 11.5. The van der Waals surface area contributed by atoms with Crippen LogP contribution in [0.1, 0.15) is 26.6 Å². The quantitative estimate of drug-likeness (QED) is 0.822. The molecule has 3 rings (SSSR count). The number of nitrogens with one attached hydrogen (secondary N) is 1. The van der Waals surface area contributed by atoms with Crippen molar-refractivity contribution in [3.05, 3.63) is 5.82 Å². The summed E-state index contributed by atoms with van der Waals surface area (Å²) in [6.45, 7) is 9.37. The van der Waals surface area contributed by atoms with E-state index in [1.807, 2.05) is 0 Å². The Kier molecular flexibility index (Phi) is 2.85. The second-order valence-electron chi connectivity index (χ2n) is 5.73. The van der Waals surface area contributed by atoms with E-state index in [9.17, 15) is 0 Å². The lowest BCUT2D eigenvalue weighted by atomic mass is 9.96. The van der Waals surface area contributed by atoms with E-state index in [4.69, 9.17) is 9.72 Å². The molecule has 0 amide bonds. The van der Waals surface area contributed by atoms with Crippen molar-refractivity contribution in [2.45, 2.75) is 26.2 Å². The van der Waals surface area contributed by atoms with Gasteiger partial charge in [-0.05, 0) is 0 Å². The van der Waals surface area contributed by atoms with Gasteiger partial charge in [0.1, 0.15) is 5.82 Å². The zero-order valence-corrected chi connectivity index (χ0v) is 11.5. The molecule has 2 aromatic heterocycles. The minimum atomic E-state index is -0.111. The molecule has 0 aromatic carbocycles. The molecule has 1 aliphatic heterocycles. The summed E-state index contributed by atoms with van der Waals surface area (Å²) in [5.41, 5.74) is 1.32. The van der Waals surface area contributed by atoms with Gasteiger partial charge in [-0.1, -0.05) is 26.0 Å². The molecule has 1 aliphatic rings. The molecule has 3 heterocycles. The largest absolute Gasteiger partial charge is 0.378 e. The summed E-state index contributed by atoms with van der Waals surface area (Å²) in [5, 5.41) is 10.8. The number of aromatic nitrogens is 5. The summed E-state index contributed by atoms with van der Waals surface area (Å²) in [6, 6.07) is 0. The summed E-state index contributed by atoms with van der Waals surface area (Å²) in [4.78, 5) is 11.4. The van der Waals surface area contributed by atoms with E-state index in [1.54, 1.807) is 0 Å². The van der Waals surface area contributed by atoms with Gasteiger partial charge in [0.2, 0.25) is 0 Å². The summed E-state index contributed by atoms with van der Waals surface area (Å²) in [6.07, 6.45) is 0. The topological polar surface area (TPSA) is 79.8 Å². The number of morpholine rings is 1. The Morgan fingerprint density at radius 1 is 1.16 bits per heavy atom. The highest BCUT2D eigenvalue weighted by Crippen LogP contribution is 2.26. The normalized spacial score (nSPS) is 17.1. The fraction of sp³-hybridized carbons (Fsp3) is 0.667. The monoisotopic (exact) mass is 262 g/mol. The van der Waals surface area contributed by atoms with Crippen molar-refractivity contribution in [3.63, 3.8) is 0 Å². The summed E-state index contributed by atoms with van der Waals surface area (Å²) >= 11 is 0. The molecule has 0 unspecified atom stereocenters. The maximum absolute atomic E-state index is 5.38. The van der Waals surface area contributed by atoms with Crippen LogP contribution in [0.2, 0.25) is 0 Å². The summed E-state index contributed by atoms with van der Waals surface area (Å²) in [5.74, 6) is 1.65. The molecule has 102 valence electrons. The lowest BCUT2D eigenvalue weighted by Gasteiger charge is -2.28. The second kappa shape index (κ2) is 4.41. The molecule has 0 aliphatic carbocycles. The first-order valence-corrected chi connectivity index (χ1v) is 6.48. The zero-order chi connectivity index (χ0) is 13.5. The second-order valence-corrected chi connectivity index (χ2v) is 5.73. The Morgan fingerprint density at radius 3 is 2.58 bits per heavy atom. The molecule has 2 aromatic rings. The number of anilines is 1. The number of hydrogen-bond acceptors (Lipinski definition) is 6. The molecule has 1 saturated heterocycles. The molecule has 0 saturated carbocycles. The third-order valence-electron chi connectivity index (χ3n) is 3.15. The molecular weight excluding hydrogens is 244 g/mol. The van der Waals surface area contributed by atoms with Gasteiger partial charge in [-0.25, -0.2) is 15.1 Å². The first-order valence-electron chi connectivity index (χ1n) is 6.48. The van der Waals surface area contributed by atoms with Crippen molar-refractivity contribution < 1.29 is 4.74 Å². The van der Waals surface area contributed by atoms with E-state index in [-0.39, 0.29) is 5.41 Å². The smallest absolute Gasteiger partial charge is 0.181 e. The van der Waals surface area contributed by atoms with E-state index in [2.05, 4.69) is 46.1 Å². The van der Waals surface area contributed by atoms with Crippen molar-refractivity contribution >= 4 is 17.0 Å². The Bertz CT molecular complexity index is 581. The molecule has 7 nitrogen and oxygen atoms in total. The van der Waals surface area contributed by atoms with Gasteiger partial charge in [-0.3, -0.25) is 0 Å².